The van der Waals surface area contributed by atoms with Crippen molar-refractivity contribution < 1.29 is 4.79 Å². The van der Waals surface area contributed by atoms with E-state index in [1.54, 1.807) is 6.20 Å². The molecule has 10 heteroatoms. The normalized spacial score (nSPS) is 16.2. The third kappa shape index (κ3) is 4.02. The molecule has 0 aliphatic carbocycles. The van der Waals surface area contributed by atoms with Gasteiger partial charge in [0.1, 0.15) is 0 Å². The van der Waals surface area contributed by atoms with Gasteiger partial charge >= 0.3 is 0 Å². The van der Waals surface area contributed by atoms with Crippen molar-refractivity contribution in [3.05, 3.63) is 39.6 Å². The molecule has 0 aromatic carbocycles. The minimum absolute atomic E-state index is 0.0711. The second kappa shape index (κ2) is 7.94. The monoisotopic (exact) mass is 415 g/mol. The summed E-state index contributed by atoms with van der Waals surface area (Å²) in [6, 6.07) is 1.62. The summed E-state index contributed by atoms with van der Waals surface area (Å²) in [7, 11) is 0. The number of aromatic nitrogens is 5. The lowest BCUT2D eigenvalue weighted by molar-refractivity contribution is 0.0941. The maximum Gasteiger partial charge on any atom is 0.275 e. The first kappa shape index (κ1) is 19.6. The lowest BCUT2D eigenvalue weighted by Crippen LogP contribution is -2.32. The molecule has 2 N–H and O–H groups in total. The number of amides is 1. The Morgan fingerprint density at radius 1 is 1.41 bits per heavy atom. The third-order valence-corrected chi connectivity index (χ3v) is 5.91. The fraction of sp³-hybridized carbons (Fsp3) is 0.526. The molecule has 0 saturated carbocycles. The van der Waals surface area contributed by atoms with E-state index in [-0.39, 0.29) is 17.5 Å². The fourth-order valence-corrected chi connectivity index (χ4v) is 4.37. The average Bonchev–Trinajstić information content (AvgIpc) is 3.29. The Kier molecular flexibility index (Phi) is 5.35. The molecule has 1 aliphatic heterocycles. The lowest BCUT2D eigenvalue weighted by Gasteiger charge is -2.24. The number of aryl methyl sites for hydroxylation is 2. The molecule has 0 fully saturated rings. The SMILES string of the molecule is CCc1cc(=O)n2nc(NC[C@H]3CCn4ncc(C(=O)NC(C)C)c4C3)sc2n1. The smallest absolute Gasteiger partial charge is 0.275 e. The highest BCUT2D eigenvalue weighted by molar-refractivity contribution is 7.20. The summed E-state index contributed by atoms with van der Waals surface area (Å²) in [5.41, 5.74) is 2.26. The zero-order valence-corrected chi connectivity index (χ0v) is 17.6. The molecule has 4 heterocycles. The standard InChI is InChI=1S/C19H25N7O2S/c1-4-13-8-16(27)26-19(23-13)29-18(24-26)20-9-12-5-6-25-15(7-12)14(10-21-25)17(28)22-11(2)3/h8,10-12H,4-7,9H2,1-3H3,(H,20,24)(H,22,28)/t12-/m0/s1. The van der Waals surface area contributed by atoms with Gasteiger partial charge in [-0.15, -0.1) is 5.10 Å². The van der Waals surface area contributed by atoms with E-state index in [0.717, 1.165) is 37.2 Å². The summed E-state index contributed by atoms with van der Waals surface area (Å²) in [5, 5.41) is 15.7. The van der Waals surface area contributed by atoms with Gasteiger partial charge in [0.25, 0.3) is 11.5 Å². The fourth-order valence-electron chi connectivity index (χ4n) is 3.54. The predicted octanol–water partition coefficient (Wildman–Crippen LogP) is 1.72. The molecule has 1 amide bonds. The van der Waals surface area contributed by atoms with Crippen molar-refractivity contribution in [3.8, 4) is 0 Å². The Hall–Kier alpha value is -2.75. The van der Waals surface area contributed by atoms with Gasteiger partial charge in [-0.25, -0.2) is 4.98 Å². The molecule has 0 spiro atoms. The van der Waals surface area contributed by atoms with Crippen molar-refractivity contribution in [1.29, 1.82) is 0 Å². The van der Waals surface area contributed by atoms with Crippen LogP contribution in [0.25, 0.3) is 4.96 Å². The molecule has 0 radical (unpaired) electrons. The first-order valence-corrected chi connectivity index (χ1v) is 10.8. The van der Waals surface area contributed by atoms with Crippen LogP contribution in [0.2, 0.25) is 0 Å². The van der Waals surface area contributed by atoms with E-state index in [1.165, 1.54) is 21.9 Å². The molecule has 29 heavy (non-hydrogen) atoms. The van der Waals surface area contributed by atoms with Gasteiger partial charge in [-0.1, -0.05) is 18.3 Å². The number of nitrogens with one attached hydrogen (secondary N) is 2. The van der Waals surface area contributed by atoms with Crippen LogP contribution < -0.4 is 16.2 Å². The maximum atomic E-state index is 12.4. The highest BCUT2D eigenvalue weighted by Gasteiger charge is 2.25. The Labute approximate surface area is 172 Å². The van der Waals surface area contributed by atoms with Gasteiger partial charge in [0.2, 0.25) is 10.1 Å². The number of hydrogen-bond acceptors (Lipinski definition) is 7. The van der Waals surface area contributed by atoms with Crippen molar-refractivity contribution in [2.75, 3.05) is 11.9 Å². The Morgan fingerprint density at radius 2 is 2.24 bits per heavy atom. The van der Waals surface area contributed by atoms with E-state index in [0.29, 0.717) is 28.1 Å². The highest BCUT2D eigenvalue weighted by Crippen LogP contribution is 2.24. The molecular weight excluding hydrogens is 390 g/mol. The van der Waals surface area contributed by atoms with Crippen LogP contribution in [0.15, 0.2) is 17.1 Å². The van der Waals surface area contributed by atoms with Crippen molar-refractivity contribution in [2.24, 2.45) is 5.92 Å². The zero-order valence-electron chi connectivity index (χ0n) is 16.8. The van der Waals surface area contributed by atoms with Gasteiger partial charge < -0.3 is 10.6 Å². The van der Waals surface area contributed by atoms with Gasteiger partial charge in [0.15, 0.2) is 0 Å². The average molecular weight is 416 g/mol. The summed E-state index contributed by atoms with van der Waals surface area (Å²) in [6.45, 7) is 7.37. The number of anilines is 1. The Balaban J connectivity index is 1.45. The molecular formula is C19H25N7O2S. The first-order valence-electron chi connectivity index (χ1n) is 9.93. The molecule has 1 aliphatic rings. The molecule has 154 valence electrons. The summed E-state index contributed by atoms with van der Waals surface area (Å²) in [6.07, 6.45) is 4.13. The van der Waals surface area contributed by atoms with E-state index in [4.69, 9.17) is 0 Å². The molecule has 3 aromatic rings. The van der Waals surface area contributed by atoms with Crippen LogP contribution >= 0.6 is 11.3 Å². The molecule has 4 rings (SSSR count). The van der Waals surface area contributed by atoms with E-state index >= 15 is 0 Å². The van der Waals surface area contributed by atoms with E-state index < -0.39 is 0 Å². The number of rotatable bonds is 6. The van der Waals surface area contributed by atoms with Crippen LogP contribution in [-0.4, -0.2) is 42.9 Å². The van der Waals surface area contributed by atoms with E-state index in [2.05, 4.69) is 25.8 Å². The van der Waals surface area contributed by atoms with Crippen LogP contribution in [0, 0.1) is 5.92 Å². The van der Waals surface area contributed by atoms with Crippen molar-refractivity contribution in [2.45, 2.75) is 52.6 Å². The quantitative estimate of drug-likeness (QED) is 0.635. The topological polar surface area (TPSA) is 106 Å². The van der Waals surface area contributed by atoms with Crippen LogP contribution in [-0.2, 0) is 19.4 Å². The van der Waals surface area contributed by atoms with Gasteiger partial charge in [-0.05, 0) is 39.0 Å². The van der Waals surface area contributed by atoms with Gasteiger partial charge in [-0.2, -0.15) is 9.61 Å². The number of fused-ring (bicyclic) bond motifs is 2. The van der Waals surface area contributed by atoms with Gasteiger partial charge in [-0.3, -0.25) is 14.3 Å². The molecule has 9 nitrogen and oxygen atoms in total. The number of hydrogen-bond donors (Lipinski definition) is 2. The Bertz CT molecular complexity index is 1100. The number of carbonyl (C=O) groups excluding carboxylic acids is 1. The summed E-state index contributed by atoms with van der Waals surface area (Å²) >= 11 is 1.38. The molecule has 1 atom stereocenters. The van der Waals surface area contributed by atoms with Gasteiger partial charge in [0, 0.05) is 30.9 Å². The first-order chi connectivity index (χ1) is 13.9. The Morgan fingerprint density at radius 3 is 3.00 bits per heavy atom. The molecule has 0 unspecified atom stereocenters. The van der Waals surface area contributed by atoms with Crippen molar-refractivity contribution in [3.63, 3.8) is 0 Å². The van der Waals surface area contributed by atoms with E-state index in [9.17, 15) is 9.59 Å². The minimum atomic E-state index is -0.154. The van der Waals surface area contributed by atoms with E-state index in [1.807, 2.05) is 25.5 Å². The number of nitrogens with zero attached hydrogens (tertiary/aromatic N) is 5. The summed E-state index contributed by atoms with van der Waals surface area (Å²) in [4.78, 5) is 29.7. The van der Waals surface area contributed by atoms with Crippen LogP contribution in [0.4, 0.5) is 5.13 Å². The second-order valence-electron chi connectivity index (χ2n) is 7.64. The summed E-state index contributed by atoms with van der Waals surface area (Å²) in [5.74, 6) is 0.283. The predicted molar refractivity (Wildman–Crippen MR) is 112 cm³/mol. The molecule has 0 bridgehead atoms. The maximum absolute atomic E-state index is 12.4. The lowest BCUT2D eigenvalue weighted by atomic mass is 9.94. The number of carbonyl (C=O) groups is 1. The highest BCUT2D eigenvalue weighted by atomic mass is 32.1. The largest absolute Gasteiger partial charge is 0.360 e. The molecule has 3 aromatic heterocycles. The van der Waals surface area contributed by atoms with Crippen LogP contribution in [0.1, 0.15) is 48.9 Å². The van der Waals surface area contributed by atoms with Crippen molar-refractivity contribution >= 4 is 27.3 Å². The van der Waals surface area contributed by atoms with Crippen LogP contribution in [0.5, 0.6) is 0 Å². The summed E-state index contributed by atoms with van der Waals surface area (Å²) < 4.78 is 3.27. The minimum Gasteiger partial charge on any atom is -0.360 e. The zero-order chi connectivity index (χ0) is 20.5. The van der Waals surface area contributed by atoms with Crippen LogP contribution in [0.3, 0.4) is 0 Å². The molecule has 0 saturated heterocycles. The van der Waals surface area contributed by atoms with Crippen molar-refractivity contribution in [1.82, 2.24) is 29.7 Å². The third-order valence-electron chi connectivity index (χ3n) is 5.05. The second-order valence-corrected chi connectivity index (χ2v) is 8.59. The van der Waals surface area contributed by atoms with Gasteiger partial charge in [0.05, 0.1) is 17.5 Å².